The second kappa shape index (κ2) is 15.9. The van der Waals surface area contributed by atoms with Gasteiger partial charge >= 0.3 is 0 Å². The zero-order valence-electron chi connectivity index (χ0n) is 29.3. The van der Waals surface area contributed by atoms with Crippen molar-refractivity contribution >= 4 is 46.4 Å². The zero-order valence-corrected chi connectivity index (χ0v) is 30.5. The van der Waals surface area contributed by atoms with Crippen LogP contribution in [0.15, 0.2) is 146 Å². The van der Waals surface area contributed by atoms with Crippen LogP contribution in [0, 0.1) is 22.3 Å². The van der Waals surface area contributed by atoms with Crippen molar-refractivity contribution in [2.45, 2.75) is 0 Å². The fourth-order valence-corrected chi connectivity index (χ4v) is 6.69. The largest absolute Gasteiger partial charge is 0.657 e. The van der Waals surface area contributed by atoms with Crippen molar-refractivity contribution in [3.63, 3.8) is 0 Å². The molecule has 5 heterocycles. The molecule has 2 aliphatic rings. The maximum atomic E-state index is 5.31. The zero-order chi connectivity index (χ0) is 31.9. The predicted octanol–water partition coefficient (Wildman–Crippen LogP) is 11.9. The van der Waals surface area contributed by atoms with Gasteiger partial charge in [0.1, 0.15) is 0 Å². The first kappa shape index (κ1) is 37.3. The Labute approximate surface area is 317 Å². The monoisotopic (exact) mass is 712 g/mol. The van der Waals surface area contributed by atoms with Crippen LogP contribution < -0.4 is 9.97 Å². The van der Waals surface area contributed by atoms with E-state index in [1.165, 1.54) is 0 Å². The molecule has 0 spiro atoms. The van der Waals surface area contributed by atoms with E-state index in [9.17, 15) is 0 Å². The van der Waals surface area contributed by atoms with E-state index < -0.39 is 0 Å². The van der Waals surface area contributed by atoms with E-state index in [-0.39, 0.29) is 39.3 Å². The van der Waals surface area contributed by atoms with Crippen LogP contribution in [0.3, 0.4) is 0 Å². The Morgan fingerprint density at radius 2 is 0.500 bits per heavy atom. The molecule has 1 radical (unpaired) electrons. The van der Waals surface area contributed by atoms with E-state index in [2.05, 4.69) is 146 Å². The Bertz CT molecular complexity index is 2180. The Morgan fingerprint density at radius 3 is 0.712 bits per heavy atom. The van der Waals surface area contributed by atoms with Crippen molar-refractivity contribution in [1.82, 2.24) is 19.9 Å². The maximum Gasteiger partial charge on any atom is 0.0704 e. The summed E-state index contributed by atoms with van der Waals surface area (Å²) < 4.78 is 0. The molecule has 4 nitrogen and oxygen atoms in total. The van der Waals surface area contributed by atoms with Gasteiger partial charge in [0.15, 0.2) is 0 Å². The van der Waals surface area contributed by atoms with Gasteiger partial charge in [-0.05, 0) is 68.8 Å². The molecule has 5 heteroatoms. The van der Waals surface area contributed by atoms with E-state index in [1.54, 1.807) is 0 Å². The van der Waals surface area contributed by atoms with Crippen molar-refractivity contribution in [1.29, 1.82) is 0 Å². The van der Waals surface area contributed by atoms with Gasteiger partial charge in [0.2, 0.25) is 0 Å². The minimum atomic E-state index is 0. The average Bonchev–Trinajstić information content (AvgIpc) is 3.98. The van der Waals surface area contributed by atoms with Crippen molar-refractivity contribution < 1.29 is 17.1 Å². The summed E-state index contributed by atoms with van der Waals surface area (Å²) >= 11 is 0. The molecule has 0 N–H and O–H groups in total. The molecule has 3 aromatic heterocycles. The number of hydrogen-bond donors (Lipinski definition) is 0. The van der Waals surface area contributed by atoms with E-state index >= 15 is 0 Å². The third-order valence-corrected chi connectivity index (χ3v) is 8.86. The van der Waals surface area contributed by atoms with Gasteiger partial charge < -0.3 is 32.2 Å². The molecule has 0 aliphatic carbocycles. The van der Waals surface area contributed by atoms with Crippen LogP contribution in [-0.2, 0) is 17.1 Å². The van der Waals surface area contributed by atoms with Gasteiger partial charge in [-0.1, -0.05) is 146 Å². The molecule has 7 aromatic rings. The Morgan fingerprint density at radius 1 is 0.288 bits per heavy atom. The fourth-order valence-electron chi connectivity index (χ4n) is 6.69. The van der Waals surface area contributed by atoms with Crippen LogP contribution in [0.4, 0.5) is 0 Å². The summed E-state index contributed by atoms with van der Waals surface area (Å²) in [6, 6.07) is 50.0. The number of aromatic nitrogens is 4. The van der Waals surface area contributed by atoms with E-state index in [4.69, 9.17) is 19.9 Å². The van der Waals surface area contributed by atoms with Gasteiger partial charge in [-0.2, -0.15) is 0 Å². The van der Waals surface area contributed by atoms with Gasteiger partial charge in [0, 0.05) is 17.1 Å². The topological polar surface area (TPSA) is 54.0 Å². The molecule has 4 aromatic carbocycles. The van der Waals surface area contributed by atoms with Gasteiger partial charge in [-0.15, -0.1) is 22.1 Å². The molecule has 52 heavy (non-hydrogen) atoms. The predicted molar refractivity (Wildman–Crippen MR) is 218 cm³/mol. The molecule has 0 atom stereocenters. The molecule has 257 valence electrons. The van der Waals surface area contributed by atoms with Crippen molar-refractivity contribution in [3.8, 4) is 44.5 Å². The van der Waals surface area contributed by atoms with Crippen molar-refractivity contribution in [2.75, 3.05) is 0 Å². The van der Waals surface area contributed by atoms with Crippen LogP contribution in [0.25, 0.3) is 90.9 Å². The summed E-state index contributed by atoms with van der Waals surface area (Å²) in [5.41, 5.74) is 15.0. The molecule has 8 bridgehead atoms. The number of benzene rings is 4. The van der Waals surface area contributed by atoms with Crippen LogP contribution in [0.5, 0.6) is 0 Å². The first-order valence-electron chi connectivity index (χ1n) is 16.1. The number of nitrogens with zero attached hydrogens (tertiary/aromatic N) is 4. The maximum absolute atomic E-state index is 5.31. The molecular formula is C47H37MnN4-5. The van der Waals surface area contributed by atoms with Crippen LogP contribution >= 0.6 is 0 Å². The standard InChI is InChI=1S/C44H28N4.3CH3.Mn/c1-5-13-29(14-6-1)41-33-21-23-35(45-33)42(30-15-7-2-8-16-30)37-25-27-39(47-37)44(32-19-11-4-12-20-32)40-28-26-38(48-40)43(31-17-9-3-10-18-31)36-24-22-34(41)46-36;;;;/h1-28H;3*1H3;/q-2;3*-1;. The summed E-state index contributed by atoms with van der Waals surface area (Å²) in [6.07, 6.45) is 8.41. The number of rotatable bonds is 4. The Hall–Kier alpha value is -6.00. The van der Waals surface area contributed by atoms with E-state index in [0.29, 0.717) is 0 Å². The van der Waals surface area contributed by atoms with Crippen LogP contribution in [-0.4, -0.2) is 9.97 Å². The normalized spacial score (nSPS) is 11.1. The molecule has 2 aliphatic heterocycles. The summed E-state index contributed by atoms with van der Waals surface area (Å²) in [4.78, 5) is 21.2. The molecule has 0 amide bonds. The van der Waals surface area contributed by atoms with Crippen LogP contribution in [0.1, 0.15) is 22.8 Å². The third-order valence-electron chi connectivity index (χ3n) is 8.86. The minimum absolute atomic E-state index is 0. The van der Waals surface area contributed by atoms with Crippen molar-refractivity contribution in [2.24, 2.45) is 0 Å². The molecule has 0 saturated heterocycles. The molecule has 9 rings (SSSR count). The van der Waals surface area contributed by atoms with E-state index in [0.717, 1.165) is 89.4 Å². The Kier molecular flexibility index (Phi) is 11.4. The first-order chi connectivity index (χ1) is 23.8. The average molecular weight is 713 g/mol. The first-order valence-corrected chi connectivity index (χ1v) is 16.1. The third kappa shape index (κ3) is 6.72. The number of fused-ring (bicyclic) bond motifs is 8. The minimum Gasteiger partial charge on any atom is -0.657 e. The quantitative estimate of drug-likeness (QED) is 0.135. The number of hydrogen-bond acceptors (Lipinski definition) is 2. The van der Waals surface area contributed by atoms with E-state index in [1.807, 2.05) is 24.3 Å². The van der Waals surface area contributed by atoms with Crippen molar-refractivity contribution in [3.05, 3.63) is 191 Å². The molecule has 0 unspecified atom stereocenters. The second-order valence-corrected chi connectivity index (χ2v) is 11.8. The van der Waals surface area contributed by atoms with Gasteiger partial charge in [0.05, 0.1) is 22.8 Å². The SMILES string of the molecule is C1=Cc2nc1c(-c1ccccc1)c1ccc([n-]1)c(-c1ccccc1)c1nc(c(-c3ccccc3)c3ccc([n-]3)c2-c2ccccc2)C=C1.[CH3-].[CH3-].[CH3-].[Mn]. The van der Waals surface area contributed by atoms with Gasteiger partial charge in [-0.25, -0.2) is 9.97 Å². The molecule has 0 saturated carbocycles. The molecule has 0 fully saturated rings. The summed E-state index contributed by atoms with van der Waals surface area (Å²) in [7, 11) is 0. The summed E-state index contributed by atoms with van der Waals surface area (Å²) in [6.45, 7) is 0. The van der Waals surface area contributed by atoms with Gasteiger partial charge in [-0.3, -0.25) is 0 Å². The molecular weight excluding hydrogens is 675 g/mol. The smallest absolute Gasteiger partial charge is 0.0704 e. The van der Waals surface area contributed by atoms with Crippen LogP contribution in [0.2, 0.25) is 0 Å². The summed E-state index contributed by atoms with van der Waals surface area (Å²) in [5.74, 6) is 0. The van der Waals surface area contributed by atoms with Gasteiger partial charge in [0.25, 0.3) is 0 Å². The fraction of sp³-hybridized carbons (Fsp3) is 0. The Balaban J connectivity index is 0.00000131. The summed E-state index contributed by atoms with van der Waals surface area (Å²) in [5, 5.41) is 0. The second-order valence-electron chi connectivity index (χ2n) is 11.8.